The van der Waals surface area contributed by atoms with Crippen molar-refractivity contribution in [1.82, 2.24) is 15.8 Å². The Labute approximate surface area is 136 Å². The fourth-order valence-electron chi connectivity index (χ4n) is 3.45. The van der Waals surface area contributed by atoms with E-state index in [4.69, 9.17) is 9.26 Å². The smallest absolute Gasteiger partial charge is 0.228 e. The lowest BCUT2D eigenvalue weighted by Gasteiger charge is -2.35. The maximum Gasteiger partial charge on any atom is 0.228 e. The summed E-state index contributed by atoms with van der Waals surface area (Å²) in [6, 6.07) is 2.00. The Morgan fingerprint density at radius 2 is 2.52 bits per heavy atom. The van der Waals surface area contributed by atoms with Crippen LogP contribution in [0, 0.1) is 5.41 Å². The average Bonchev–Trinajstić information content (AvgIpc) is 3.24. The number of ether oxygens (including phenoxy) is 1. The van der Waals surface area contributed by atoms with Gasteiger partial charge in [-0.05, 0) is 25.8 Å². The molecule has 3 heterocycles. The van der Waals surface area contributed by atoms with Gasteiger partial charge in [-0.2, -0.15) is 0 Å². The highest BCUT2D eigenvalue weighted by Crippen LogP contribution is 2.33. The molecule has 6 nitrogen and oxygen atoms in total. The summed E-state index contributed by atoms with van der Waals surface area (Å²) in [5.41, 5.74) is 0.479. The summed E-state index contributed by atoms with van der Waals surface area (Å²) >= 11 is 0. The van der Waals surface area contributed by atoms with E-state index in [9.17, 15) is 4.79 Å². The molecule has 0 spiro atoms. The Kier molecular flexibility index (Phi) is 5.13. The maximum absolute atomic E-state index is 12.7. The summed E-state index contributed by atoms with van der Waals surface area (Å²) in [7, 11) is 0. The summed E-state index contributed by atoms with van der Waals surface area (Å²) in [6.45, 7) is 7.26. The van der Waals surface area contributed by atoms with Crippen LogP contribution in [-0.4, -0.2) is 43.9 Å². The largest absolute Gasteiger partial charge is 0.381 e. The number of amides is 1. The van der Waals surface area contributed by atoms with Crippen LogP contribution in [0.3, 0.4) is 0 Å². The second-order valence-electron chi connectivity index (χ2n) is 6.51. The number of nitrogens with zero attached hydrogens (tertiary/aromatic N) is 1. The molecule has 0 saturated carbocycles. The monoisotopic (exact) mass is 319 g/mol. The van der Waals surface area contributed by atoms with Gasteiger partial charge in [0, 0.05) is 38.1 Å². The van der Waals surface area contributed by atoms with Crippen molar-refractivity contribution in [2.75, 3.05) is 32.8 Å². The van der Waals surface area contributed by atoms with Crippen molar-refractivity contribution >= 4 is 5.91 Å². The minimum absolute atomic E-state index is 0.0618. The number of aromatic nitrogens is 1. The van der Waals surface area contributed by atoms with Crippen molar-refractivity contribution in [3.05, 3.63) is 30.2 Å². The van der Waals surface area contributed by atoms with E-state index in [1.807, 2.05) is 6.07 Å². The van der Waals surface area contributed by atoms with E-state index in [0.717, 1.165) is 43.9 Å². The topological polar surface area (TPSA) is 76.4 Å². The number of nitrogens with one attached hydrogen (secondary N) is 2. The van der Waals surface area contributed by atoms with Crippen molar-refractivity contribution in [2.24, 2.45) is 5.41 Å². The minimum atomic E-state index is -0.468. The number of rotatable bonds is 6. The lowest BCUT2D eigenvalue weighted by molar-refractivity contribution is -0.132. The average molecular weight is 319 g/mol. The zero-order valence-corrected chi connectivity index (χ0v) is 13.5. The highest BCUT2D eigenvalue weighted by Gasteiger charge is 2.40. The molecule has 0 bridgehead atoms. The molecule has 2 atom stereocenters. The maximum atomic E-state index is 12.7. The van der Waals surface area contributed by atoms with Crippen LogP contribution in [0.2, 0.25) is 0 Å². The third-order valence-corrected chi connectivity index (χ3v) is 4.80. The Balaban J connectivity index is 1.72. The molecular formula is C17H25N3O3. The van der Waals surface area contributed by atoms with E-state index in [1.54, 1.807) is 6.08 Å². The molecular weight excluding hydrogens is 294 g/mol. The van der Waals surface area contributed by atoms with Crippen LogP contribution in [0.4, 0.5) is 0 Å². The molecule has 2 fully saturated rings. The van der Waals surface area contributed by atoms with Gasteiger partial charge in [0.15, 0.2) is 0 Å². The number of hydrogen-bond acceptors (Lipinski definition) is 5. The third-order valence-electron chi connectivity index (χ3n) is 4.80. The third kappa shape index (κ3) is 3.64. The van der Waals surface area contributed by atoms with Crippen LogP contribution in [-0.2, 0) is 16.0 Å². The number of carbonyl (C=O) groups is 1. The molecule has 1 aromatic rings. The highest BCUT2D eigenvalue weighted by atomic mass is 16.5. The molecule has 0 radical (unpaired) electrons. The molecule has 1 amide bonds. The molecule has 6 heteroatoms. The summed E-state index contributed by atoms with van der Waals surface area (Å²) in [4.78, 5) is 12.7. The van der Waals surface area contributed by atoms with Gasteiger partial charge in [-0.3, -0.25) is 4.79 Å². The van der Waals surface area contributed by atoms with Gasteiger partial charge in [-0.25, -0.2) is 0 Å². The molecule has 0 aliphatic carbocycles. The zero-order chi connectivity index (χ0) is 16.1. The lowest BCUT2D eigenvalue weighted by atomic mass is 9.76. The fourth-order valence-corrected chi connectivity index (χ4v) is 3.45. The van der Waals surface area contributed by atoms with Crippen LogP contribution in [0.1, 0.15) is 36.6 Å². The normalized spacial score (nSPS) is 27.7. The van der Waals surface area contributed by atoms with Gasteiger partial charge < -0.3 is 19.9 Å². The van der Waals surface area contributed by atoms with E-state index >= 15 is 0 Å². The van der Waals surface area contributed by atoms with E-state index in [1.165, 1.54) is 0 Å². The Morgan fingerprint density at radius 1 is 1.61 bits per heavy atom. The molecule has 0 aromatic carbocycles. The minimum Gasteiger partial charge on any atom is -0.381 e. The summed E-state index contributed by atoms with van der Waals surface area (Å²) in [6.07, 6.45) is 5.10. The molecule has 2 aliphatic rings. The van der Waals surface area contributed by atoms with Crippen LogP contribution in [0.15, 0.2) is 23.2 Å². The van der Waals surface area contributed by atoms with E-state index in [0.29, 0.717) is 32.0 Å². The summed E-state index contributed by atoms with van der Waals surface area (Å²) in [5.74, 6) is 1.17. The van der Waals surface area contributed by atoms with E-state index < -0.39 is 5.41 Å². The molecule has 2 saturated heterocycles. The first-order chi connectivity index (χ1) is 11.2. The van der Waals surface area contributed by atoms with Gasteiger partial charge in [-0.1, -0.05) is 11.2 Å². The predicted molar refractivity (Wildman–Crippen MR) is 86.1 cm³/mol. The van der Waals surface area contributed by atoms with Crippen LogP contribution < -0.4 is 10.6 Å². The van der Waals surface area contributed by atoms with Crippen molar-refractivity contribution < 1.29 is 14.1 Å². The summed E-state index contributed by atoms with van der Waals surface area (Å²) in [5, 5.41) is 10.5. The highest BCUT2D eigenvalue weighted by molar-refractivity contribution is 5.83. The van der Waals surface area contributed by atoms with Gasteiger partial charge in [0.2, 0.25) is 5.91 Å². The Hall–Kier alpha value is -1.66. The van der Waals surface area contributed by atoms with E-state index in [2.05, 4.69) is 22.4 Å². The first-order valence-electron chi connectivity index (χ1n) is 8.37. The molecule has 1 aromatic heterocycles. The standard InChI is InChI=1S/C17H25N3O3/c1-2-6-19-16(21)17(5-3-7-18-12-17)10-14-9-15(20-23-14)13-4-8-22-11-13/h2,9,13,18H,1,3-8,10-12H2,(H,19,21)/t13-,17+/m0/s1. The number of carbonyl (C=O) groups excluding carboxylic acids is 1. The van der Waals surface area contributed by atoms with E-state index in [-0.39, 0.29) is 5.91 Å². The van der Waals surface area contributed by atoms with Gasteiger partial charge in [0.05, 0.1) is 17.7 Å². The van der Waals surface area contributed by atoms with Gasteiger partial charge in [0.1, 0.15) is 5.76 Å². The quantitative estimate of drug-likeness (QED) is 0.775. The zero-order valence-electron chi connectivity index (χ0n) is 13.5. The summed E-state index contributed by atoms with van der Waals surface area (Å²) < 4.78 is 10.9. The molecule has 23 heavy (non-hydrogen) atoms. The Morgan fingerprint density at radius 3 is 3.22 bits per heavy atom. The molecule has 2 aliphatic heterocycles. The number of hydrogen-bond donors (Lipinski definition) is 2. The second kappa shape index (κ2) is 7.27. The van der Waals surface area contributed by atoms with Crippen molar-refractivity contribution in [2.45, 2.75) is 31.6 Å². The first kappa shape index (κ1) is 16.2. The first-order valence-corrected chi connectivity index (χ1v) is 8.37. The molecule has 126 valence electrons. The van der Waals surface area contributed by atoms with Crippen LogP contribution in [0.5, 0.6) is 0 Å². The van der Waals surface area contributed by atoms with Crippen molar-refractivity contribution in [1.29, 1.82) is 0 Å². The number of piperidine rings is 1. The lowest BCUT2D eigenvalue weighted by Crippen LogP contribution is -2.51. The van der Waals surface area contributed by atoms with Crippen LogP contribution in [0.25, 0.3) is 0 Å². The van der Waals surface area contributed by atoms with Crippen LogP contribution >= 0.6 is 0 Å². The van der Waals surface area contributed by atoms with Gasteiger partial charge in [-0.15, -0.1) is 6.58 Å². The molecule has 0 unspecified atom stereocenters. The van der Waals surface area contributed by atoms with Crippen molar-refractivity contribution in [3.63, 3.8) is 0 Å². The Bertz CT molecular complexity index is 543. The van der Waals surface area contributed by atoms with Gasteiger partial charge >= 0.3 is 0 Å². The van der Waals surface area contributed by atoms with Crippen molar-refractivity contribution in [3.8, 4) is 0 Å². The second-order valence-corrected chi connectivity index (χ2v) is 6.51. The predicted octanol–water partition coefficient (Wildman–Crippen LogP) is 1.39. The van der Waals surface area contributed by atoms with Gasteiger partial charge in [0.25, 0.3) is 0 Å². The molecule has 2 N–H and O–H groups in total. The SMILES string of the molecule is C=CCNC(=O)[C@@]1(Cc2cc([C@H]3CCOC3)no2)CCCNC1. The molecule has 3 rings (SSSR count). The fraction of sp³-hybridized carbons (Fsp3) is 0.647.